The first-order chi connectivity index (χ1) is 11.1. The summed E-state index contributed by atoms with van der Waals surface area (Å²) in [7, 11) is 0. The quantitative estimate of drug-likeness (QED) is 0.763. The molecule has 2 heterocycles. The lowest BCUT2D eigenvalue weighted by Crippen LogP contribution is -2.49. The van der Waals surface area contributed by atoms with E-state index in [9.17, 15) is 19.1 Å². The predicted octanol–water partition coefficient (Wildman–Crippen LogP) is 2.75. The molecule has 0 radical (unpaired) electrons. The molecule has 2 aliphatic rings. The third-order valence-corrected chi connectivity index (χ3v) is 4.51. The minimum Gasteiger partial charge on any atom is -0.508 e. The van der Waals surface area contributed by atoms with E-state index in [1.54, 1.807) is 25.7 Å². The SMILES string of the molecule is CC(C)(C)OC(=O)N1CCC2(CC1)C(=O)Nc1cc(O)cc(F)c12. The molecule has 1 spiro atoms. The Kier molecular flexibility index (Phi) is 3.69. The third-order valence-electron chi connectivity index (χ3n) is 4.51. The zero-order valence-electron chi connectivity index (χ0n) is 14.0. The van der Waals surface area contributed by atoms with E-state index < -0.39 is 22.9 Å². The molecule has 1 aromatic carbocycles. The molecule has 0 atom stereocenters. The highest BCUT2D eigenvalue weighted by molar-refractivity contribution is 6.06. The zero-order valence-corrected chi connectivity index (χ0v) is 14.0. The average Bonchev–Trinajstić information content (AvgIpc) is 2.70. The number of piperidine rings is 1. The van der Waals surface area contributed by atoms with Gasteiger partial charge in [-0.05, 0) is 33.6 Å². The van der Waals surface area contributed by atoms with E-state index in [1.807, 2.05) is 0 Å². The number of carbonyl (C=O) groups excluding carboxylic acids is 2. The van der Waals surface area contributed by atoms with E-state index in [-0.39, 0.29) is 17.2 Å². The van der Waals surface area contributed by atoms with Crippen molar-refractivity contribution in [1.82, 2.24) is 4.90 Å². The number of rotatable bonds is 0. The molecule has 6 nitrogen and oxygen atoms in total. The van der Waals surface area contributed by atoms with Crippen LogP contribution in [-0.4, -0.2) is 40.7 Å². The number of ether oxygens (including phenoxy) is 1. The molecule has 3 rings (SSSR count). The lowest BCUT2D eigenvalue weighted by molar-refractivity contribution is -0.122. The summed E-state index contributed by atoms with van der Waals surface area (Å²) in [5, 5.41) is 12.2. The lowest BCUT2D eigenvalue weighted by atomic mass is 9.73. The number of halogens is 1. The summed E-state index contributed by atoms with van der Waals surface area (Å²) in [6.07, 6.45) is 0.196. The predicted molar refractivity (Wildman–Crippen MR) is 85.4 cm³/mol. The lowest BCUT2D eigenvalue weighted by Gasteiger charge is -2.38. The van der Waals surface area contributed by atoms with Crippen LogP contribution in [0.2, 0.25) is 0 Å². The number of benzene rings is 1. The van der Waals surface area contributed by atoms with Crippen molar-refractivity contribution in [2.75, 3.05) is 18.4 Å². The molecular weight excluding hydrogens is 315 g/mol. The first-order valence-corrected chi connectivity index (χ1v) is 7.95. The normalized spacial score (nSPS) is 19.2. The summed E-state index contributed by atoms with van der Waals surface area (Å²) in [5.41, 5.74) is -0.990. The maximum absolute atomic E-state index is 14.4. The van der Waals surface area contributed by atoms with Crippen LogP contribution in [0, 0.1) is 5.82 Å². The second kappa shape index (κ2) is 5.36. The van der Waals surface area contributed by atoms with Crippen molar-refractivity contribution in [2.45, 2.75) is 44.6 Å². The smallest absolute Gasteiger partial charge is 0.410 e. The van der Waals surface area contributed by atoms with Gasteiger partial charge in [-0.3, -0.25) is 4.79 Å². The highest BCUT2D eigenvalue weighted by Gasteiger charge is 2.51. The van der Waals surface area contributed by atoms with E-state index in [2.05, 4.69) is 5.32 Å². The highest BCUT2D eigenvalue weighted by atomic mass is 19.1. The Labute approximate surface area is 139 Å². The van der Waals surface area contributed by atoms with Crippen LogP contribution < -0.4 is 5.32 Å². The Morgan fingerprint density at radius 2 is 1.96 bits per heavy atom. The van der Waals surface area contributed by atoms with Crippen molar-refractivity contribution in [3.63, 3.8) is 0 Å². The minimum atomic E-state index is -0.994. The number of aromatic hydroxyl groups is 1. The van der Waals surface area contributed by atoms with Gasteiger partial charge in [0.05, 0.1) is 11.1 Å². The molecule has 7 heteroatoms. The Morgan fingerprint density at radius 3 is 2.54 bits per heavy atom. The maximum Gasteiger partial charge on any atom is 0.410 e. The van der Waals surface area contributed by atoms with Crippen LogP contribution in [0.4, 0.5) is 14.9 Å². The third kappa shape index (κ3) is 2.68. The van der Waals surface area contributed by atoms with Crippen LogP contribution in [-0.2, 0) is 14.9 Å². The summed E-state index contributed by atoms with van der Waals surface area (Å²) < 4.78 is 19.7. The van der Waals surface area contributed by atoms with Gasteiger partial charge in [-0.1, -0.05) is 0 Å². The van der Waals surface area contributed by atoms with Gasteiger partial charge in [0.25, 0.3) is 0 Å². The van der Waals surface area contributed by atoms with Gasteiger partial charge in [-0.15, -0.1) is 0 Å². The number of fused-ring (bicyclic) bond motifs is 2. The summed E-state index contributed by atoms with van der Waals surface area (Å²) in [4.78, 5) is 26.2. The van der Waals surface area contributed by atoms with Crippen LogP contribution in [0.5, 0.6) is 5.75 Å². The van der Waals surface area contributed by atoms with E-state index in [4.69, 9.17) is 4.74 Å². The van der Waals surface area contributed by atoms with Crippen LogP contribution in [0.15, 0.2) is 12.1 Å². The highest BCUT2D eigenvalue weighted by Crippen LogP contribution is 2.47. The number of hydrogen-bond acceptors (Lipinski definition) is 4. The Bertz CT molecular complexity index is 703. The second-order valence-corrected chi connectivity index (χ2v) is 7.35. The zero-order chi connectivity index (χ0) is 17.7. The molecule has 1 saturated heterocycles. The van der Waals surface area contributed by atoms with Gasteiger partial charge in [0, 0.05) is 30.8 Å². The van der Waals surface area contributed by atoms with Crippen LogP contribution in [0.1, 0.15) is 39.2 Å². The van der Waals surface area contributed by atoms with Crippen LogP contribution in [0.25, 0.3) is 0 Å². The number of amides is 2. The van der Waals surface area contributed by atoms with Crippen molar-refractivity contribution in [3.8, 4) is 5.75 Å². The van der Waals surface area contributed by atoms with Crippen molar-refractivity contribution in [3.05, 3.63) is 23.5 Å². The molecule has 2 amide bonds. The second-order valence-electron chi connectivity index (χ2n) is 7.35. The van der Waals surface area contributed by atoms with Gasteiger partial charge in [-0.2, -0.15) is 0 Å². The number of nitrogens with one attached hydrogen (secondary N) is 1. The van der Waals surface area contributed by atoms with Gasteiger partial charge in [-0.25, -0.2) is 9.18 Å². The molecule has 0 aromatic heterocycles. The maximum atomic E-state index is 14.4. The first kappa shape index (κ1) is 16.5. The van der Waals surface area contributed by atoms with Gasteiger partial charge in [0.1, 0.15) is 17.2 Å². The summed E-state index contributed by atoms with van der Waals surface area (Å²) >= 11 is 0. The summed E-state index contributed by atoms with van der Waals surface area (Å²) in [5.74, 6) is -1.12. The number of nitrogens with zero attached hydrogens (tertiary/aromatic N) is 1. The number of likely N-dealkylation sites (tertiary alicyclic amines) is 1. The van der Waals surface area contributed by atoms with Crippen LogP contribution in [0.3, 0.4) is 0 Å². The fourth-order valence-electron chi connectivity index (χ4n) is 3.41. The monoisotopic (exact) mass is 336 g/mol. The fraction of sp³-hybridized carbons (Fsp3) is 0.529. The Morgan fingerprint density at radius 1 is 1.33 bits per heavy atom. The first-order valence-electron chi connectivity index (χ1n) is 7.95. The Balaban J connectivity index is 1.82. The Hall–Kier alpha value is -2.31. The van der Waals surface area contributed by atoms with Crippen molar-refractivity contribution in [1.29, 1.82) is 0 Å². The van der Waals surface area contributed by atoms with Crippen molar-refractivity contribution >= 4 is 17.7 Å². The molecule has 24 heavy (non-hydrogen) atoms. The molecular formula is C17H21FN2O4. The van der Waals surface area contributed by atoms with E-state index in [0.717, 1.165) is 6.07 Å². The van der Waals surface area contributed by atoms with Crippen LogP contribution >= 0.6 is 0 Å². The molecule has 2 aliphatic heterocycles. The fourth-order valence-corrected chi connectivity index (χ4v) is 3.41. The molecule has 0 saturated carbocycles. The van der Waals surface area contributed by atoms with Gasteiger partial charge < -0.3 is 20.1 Å². The molecule has 130 valence electrons. The van der Waals surface area contributed by atoms with Gasteiger partial charge >= 0.3 is 6.09 Å². The minimum absolute atomic E-state index is 0.227. The number of phenols is 1. The van der Waals surface area contributed by atoms with Gasteiger partial charge in [0.2, 0.25) is 5.91 Å². The molecule has 0 bridgehead atoms. The van der Waals surface area contributed by atoms with Crippen molar-refractivity contribution < 1.29 is 23.8 Å². The van der Waals surface area contributed by atoms with Crippen molar-refractivity contribution in [2.24, 2.45) is 0 Å². The van der Waals surface area contributed by atoms with Gasteiger partial charge in [0.15, 0.2) is 0 Å². The van der Waals surface area contributed by atoms with E-state index in [1.165, 1.54) is 6.07 Å². The number of carbonyl (C=O) groups is 2. The van der Waals surface area contributed by atoms with E-state index >= 15 is 0 Å². The summed E-state index contributed by atoms with van der Waals surface area (Å²) in [6.45, 7) is 5.99. The molecule has 1 fully saturated rings. The molecule has 0 aliphatic carbocycles. The standard InChI is InChI=1S/C17H21FN2O4/c1-16(2,3)24-15(23)20-6-4-17(5-7-20)13-11(18)8-10(21)9-12(13)19-14(17)22/h8-9,21H,4-7H2,1-3H3,(H,19,22). The molecule has 1 aromatic rings. The largest absolute Gasteiger partial charge is 0.508 e. The average molecular weight is 336 g/mol. The summed E-state index contributed by atoms with van der Waals surface area (Å²) in [6, 6.07) is 2.37. The number of hydrogen-bond donors (Lipinski definition) is 2. The number of phenolic OH excluding ortho intramolecular Hbond substituents is 1. The molecule has 2 N–H and O–H groups in total. The number of anilines is 1. The molecule has 0 unspecified atom stereocenters. The van der Waals surface area contributed by atoms with E-state index in [0.29, 0.717) is 31.6 Å². The topological polar surface area (TPSA) is 78.9 Å².